The molecule has 0 aliphatic carbocycles. The van der Waals surface area contributed by atoms with Crippen LogP contribution in [0.4, 0.5) is 4.39 Å². The van der Waals surface area contributed by atoms with E-state index in [0.717, 1.165) is 5.56 Å². The van der Waals surface area contributed by atoms with Gasteiger partial charge in [0, 0.05) is 44.3 Å². The molecule has 3 aromatic heterocycles. The van der Waals surface area contributed by atoms with Crippen molar-refractivity contribution in [2.45, 2.75) is 64.8 Å². The van der Waals surface area contributed by atoms with Gasteiger partial charge in [-0.3, -0.25) is 19.4 Å². The topological polar surface area (TPSA) is 121 Å². The molecular formula is C36H44FN7O4. The second-order valence-electron chi connectivity index (χ2n) is 13.3. The molecular weight excluding hydrogens is 613 g/mol. The van der Waals surface area contributed by atoms with E-state index in [1.54, 1.807) is 71.0 Å². The highest BCUT2D eigenvalue weighted by atomic mass is 19.1. The van der Waals surface area contributed by atoms with Crippen LogP contribution in [0.2, 0.25) is 0 Å². The number of carbonyl (C=O) groups excluding carboxylic acids is 3. The molecule has 0 spiro atoms. The van der Waals surface area contributed by atoms with Gasteiger partial charge in [-0.15, -0.1) is 0 Å². The smallest absolute Gasteiger partial charge is 0.274 e. The van der Waals surface area contributed by atoms with E-state index < -0.39 is 23.5 Å². The third kappa shape index (κ3) is 8.35. The Morgan fingerprint density at radius 2 is 1.81 bits per heavy atom. The number of imidazole rings is 1. The monoisotopic (exact) mass is 657 g/mol. The molecule has 0 unspecified atom stereocenters. The summed E-state index contributed by atoms with van der Waals surface area (Å²) in [6, 6.07) is 13.5. The first-order valence-electron chi connectivity index (χ1n) is 16.2. The van der Waals surface area contributed by atoms with E-state index in [1.165, 1.54) is 12.1 Å². The minimum Gasteiger partial charge on any atom is -0.488 e. The van der Waals surface area contributed by atoms with E-state index in [1.807, 2.05) is 45.2 Å². The van der Waals surface area contributed by atoms with Crippen LogP contribution in [0.3, 0.4) is 0 Å². The molecule has 4 atom stereocenters. The van der Waals surface area contributed by atoms with Crippen LogP contribution < -0.4 is 15.4 Å². The zero-order valence-corrected chi connectivity index (χ0v) is 28.1. The quantitative estimate of drug-likeness (QED) is 0.238. The highest BCUT2D eigenvalue weighted by Gasteiger charge is 2.44. The Bertz CT molecular complexity index is 1670. The number of benzene rings is 1. The van der Waals surface area contributed by atoms with Gasteiger partial charge in [0.05, 0.1) is 18.6 Å². The van der Waals surface area contributed by atoms with Crippen LogP contribution in [-0.2, 0) is 16.0 Å². The second-order valence-corrected chi connectivity index (χ2v) is 13.3. The van der Waals surface area contributed by atoms with Gasteiger partial charge < -0.3 is 29.6 Å². The van der Waals surface area contributed by atoms with Crippen LogP contribution in [0.5, 0.6) is 5.75 Å². The number of nitrogens with one attached hydrogen (secondary N) is 2. The van der Waals surface area contributed by atoms with E-state index in [0.29, 0.717) is 30.8 Å². The molecule has 1 saturated heterocycles. The average molecular weight is 658 g/mol. The molecule has 12 heteroatoms. The Hall–Kier alpha value is -4.84. The zero-order chi connectivity index (χ0) is 34.4. The molecule has 0 saturated carbocycles. The maximum absolute atomic E-state index is 14.5. The fraction of sp³-hybridized carbons (Fsp3) is 0.417. The van der Waals surface area contributed by atoms with Gasteiger partial charge in [-0.1, -0.05) is 39.0 Å². The molecule has 1 aromatic carbocycles. The van der Waals surface area contributed by atoms with Crippen LogP contribution >= 0.6 is 0 Å². The number of carbonyl (C=O) groups is 3. The van der Waals surface area contributed by atoms with Gasteiger partial charge in [-0.05, 0) is 67.8 Å². The Balaban J connectivity index is 1.46. The third-order valence-electron chi connectivity index (χ3n) is 8.72. The van der Waals surface area contributed by atoms with E-state index in [4.69, 9.17) is 4.74 Å². The minimum absolute atomic E-state index is 0.202. The summed E-state index contributed by atoms with van der Waals surface area (Å²) in [4.78, 5) is 53.7. The molecule has 1 aliphatic rings. The van der Waals surface area contributed by atoms with Crippen LogP contribution in [0.1, 0.15) is 50.2 Å². The summed E-state index contributed by atoms with van der Waals surface area (Å²) in [6.07, 6.45) is 7.38. The molecule has 5 rings (SSSR count). The number of nitrogens with zero attached hydrogens (tertiary/aromatic N) is 5. The van der Waals surface area contributed by atoms with Gasteiger partial charge in [0.25, 0.3) is 5.91 Å². The predicted octanol–water partition coefficient (Wildman–Crippen LogP) is 3.74. The number of aromatic nitrogens is 3. The number of likely N-dealkylation sites (tertiary alicyclic amines) is 1. The SMILES string of the molecule is CN[C@@H](C)C(=O)N[C@H](C(=O)N1C[C@@H](Oc2ccncc2)C[C@H]1CN(CCc1ccc(F)cc1)C(=O)c1cn2ccccc2n1)C(C)(C)C. The molecule has 0 bridgehead atoms. The number of amides is 3. The fourth-order valence-electron chi connectivity index (χ4n) is 5.87. The summed E-state index contributed by atoms with van der Waals surface area (Å²) in [5.41, 5.74) is 1.18. The average Bonchev–Trinajstić information content (AvgIpc) is 3.69. The van der Waals surface area contributed by atoms with Gasteiger partial charge in [-0.2, -0.15) is 0 Å². The fourth-order valence-corrected chi connectivity index (χ4v) is 5.87. The number of halogens is 1. The van der Waals surface area contributed by atoms with Crippen molar-refractivity contribution < 1.29 is 23.5 Å². The first-order valence-corrected chi connectivity index (χ1v) is 16.2. The predicted molar refractivity (Wildman–Crippen MR) is 180 cm³/mol. The first kappa shape index (κ1) is 34.5. The molecule has 254 valence electrons. The van der Waals surface area contributed by atoms with Gasteiger partial charge >= 0.3 is 0 Å². The van der Waals surface area contributed by atoms with E-state index in [2.05, 4.69) is 20.6 Å². The van der Waals surface area contributed by atoms with Crippen LogP contribution in [0.15, 0.2) is 79.4 Å². The minimum atomic E-state index is -0.829. The van der Waals surface area contributed by atoms with Crippen molar-refractivity contribution in [2.75, 3.05) is 26.7 Å². The zero-order valence-electron chi connectivity index (χ0n) is 28.1. The van der Waals surface area contributed by atoms with Crippen molar-refractivity contribution in [1.82, 2.24) is 34.8 Å². The number of hydrogen-bond acceptors (Lipinski definition) is 7. The molecule has 3 amide bonds. The second kappa shape index (κ2) is 14.9. The lowest BCUT2D eigenvalue weighted by Crippen LogP contribution is -2.59. The lowest BCUT2D eigenvalue weighted by atomic mass is 9.85. The normalized spacial score (nSPS) is 17.6. The van der Waals surface area contributed by atoms with Gasteiger partial charge in [0.1, 0.15) is 35.1 Å². The van der Waals surface area contributed by atoms with Crippen molar-refractivity contribution >= 4 is 23.4 Å². The molecule has 48 heavy (non-hydrogen) atoms. The highest BCUT2D eigenvalue weighted by Crippen LogP contribution is 2.29. The van der Waals surface area contributed by atoms with Gasteiger partial charge in [-0.25, -0.2) is 9.37 Å². The highest BCUT2D eigenvalue weighted by molar-refractivity contribution is 5.93. The molecule has 1 fully saturated rings. The molecule has 4 aromatic rings. The number of hydrogen-bond donors (Lipinski definition) is 2. The molecule has 1 aliphatic heterocycles. The maximum Gasteiger partial charge on any atom is 0.274 e. The summed E-state index contributed by atoms with van der Waals surface area (Å²) in [5.74, 6) is -0.519. The summed E-state index contributed by atoms with van der Waals surface area (Å²) >= 11 is 0. The van der Waals surface area contributed by atoms with Crippen molar-refractivity contribution in [3.05, 3.63) is 96.5 Å². The Morgan fingerprint density at radius 1 is 1.08 bits per heavy atom. The summed E-state index contributed by atoms with van der Waals surface area (Å²) in [7, 11) is 1.69. The van der Waals surface area contributed by atoms with Crippen molar-refractivity contribution in [2.24, 2.45) is 5.41 Å². The third-order valence-corrected chi connectivity index (χ3v) is 8.72. The summed E-state index contributed by atoms with van der Waals surface area (Å²) < 4.78 is 21.8. The molecule has 0 radical (unpaired) electrons. The van der Waals surface area contributed by atoms with E-state index >= 15 is 0 Å². The Kier molecular flexibility index (Phi) is 10.7. The number of likely N-dealkylation sites (N-methyl/N-ethyl adjacent to an activating group) is 1. The van der Waals surface area contributed by atoms with Crippen LogP contribution in [-0.4, -0.2) is 92.8 Å². The standard InChI is InChI=1S/C36H44FN7O4/c1-24(38-5)33(45)41-32(36(2,3)4)35(47)44-22-29(48-28-13-16-39-17-14-28)20-27(44)21-43(19-15-25-9-11-26(37)12-10-25)34(46)30-23-42-18-7-6-8-31(42)40-30/h6-14,16-18,23-24,27,29,32,38H,15,19-22H2,1-5H3,(H,41,45)/t24-,27-,29-,32+/m0/s1. The molecule has 2 N–H and O–H groups in total. The maximum atomic E-state index is 14.5. The van der Waals surface area contributed by atoms with Crippen LogP contribution in [0.25, 0.3) is 5.65 Å². The van der Waals surface area contributed by atoms with Crippen molar-refractivity contribution in [3.8, 4) is 5.75 Å². The summed E-state index contributed by atoms with van der Waals surface area (Å²) in [5, 5.41) is 5.90. The van der Waals surface area contributed by atoms with E-state index in [9.17, 15) is 18.8 Å². The van der Waals surface area contributed by atoms with Crippen molar-refractivity contribution in [3.63, 3.8) is 0 Å². The lowest BCUT2D eigenvalue weighted by molar-refractivity contribution is -0.141. The Labute approximate surface area is 280 Å². The number of ether oxygens (including phenoxy) is 1. The number of rotatable bonds is 12. The van der Waals surface area contributed by atoms with E-state index in [-0.39, 0.29) is 48.4 Å². The van der Waals surface area contributed by atoms with Crippen molar-refractivity contribution in [1.29, 1.82) is 0 Å². The molecule has 11 nitrogen and oxygen atoms in total. The number of fused-ring (bicyclic) bond motifs is 1. The van der Waals surface area contributed by atoms with Gasteiger partial charge in [0.15, 0.2) is 0 Å². The summed E-state index contributed by atoms with van der Waals surface area (Å²) in [6.45, 7) is 8.26. The largest absolute Gasteiger partial charge is 0.488 e. The van der Waals surface area contributed by atoms with Gasteiger partial charge in [0.2, 0.25) is 11.8 Å². The number of pyridine rings is 2. The lowest BCUT2D eigenvalue weighted by Gasteiger charge is -2.37. The first-order chi connectivity index (χ1) is 22.9. The molecule has 4 heterocycles. The van der Waals surface area contributed by atoms with Crippen LogP contribution in [0, 0.1) is 11.2 Å². The Morgan fingerprint density at radius 3 is 2.48 bits per heavy atom.